The summed E-state index contributed by atoms with van der Waals surface area (Å²) >= 11 is 0. The second kappa shape index (κ2) is 11.4. The number of hydrazone groups is 1. The van der Waals surface area contributed by atoms with Crippen LogP contribution in [0.25, 0.3) is 0 Å². The first kappa shape index (κ1) is 21.0. The number of rotatable bonds is 10. The van der Waals surface area contributed by atoms with Gasteiger partial charge in [0, 0.05) is 0 Å². The molecule has 0 spiro atoms. The molecule has 2 aromatic carbocycles. The monoisotopic (exact) mass is 384 g/mol. The molecule has 7 nitrogen and oxygen atoms in total. The van der Waals surface area contributed by atoms with E-state index in [1.165, 1.54) is 6.21 Å². The summed E-state index contributed by atoms with van der Waals surface area (Å²) in [6, 6.07) is 13.7. The van der Waals surface area contributed by atoms with Crippen LogP contribution in [0, 0.1) is 0 Å². The van der Waals surface area contributed by atoms with Gasteiger partial charge in [0.2, 0.25) is 0 Å². The molecule has 2 rings (SSSR count). The predicted molar refractivity (Wildman–Crippen MR) is 106 cm³/mol. The number of ether oxygens (including phenoxy) is 3. The van der Waals surface area contributed by atoms with Crippen molar-refractivity contribution in [1.82, 2.24) is 5.43 Å². The minimum Gasteiger partial charge on any atom is -0.494 e. The molecule has 1 N–H and O–H groups in total. The Morgan fingerprint density at radius 1 is 0.964 bits per heavy atom. The number of esters is 1. The van der Waals surface area contributed by atoms with Crippen LogP contribution in [-0.4, -0.2) is 37.9 Å². The fourth-order valence-corrected chi connectivity index (χ4v) is 2.14. The highest BCUT2D eigenvalue weighted by molar-refractivity contribution is 5.89. The summed E-state index contributed by atoms with van der Waals surface area (Å²) in [5, 5.41) is 3.89. The molecule has 148 valence electrons. The molecule has 0 saturated carbocycles. The highest BCUT2D eigenvalue weighted by Crippen LogP contribution is 2.13. The van der Waals surface area contributed by atoms with Crippen LogP contribution < -0.4 is 14.9 Å². The predicted octanol–water partition coefficient (Wildman–Crippen LogP) is 3.18. The van der Waals surface area contributed by atoms with Crippen molar-refractivity contribution in [3.05, 3.63) is 59.7 Å². The molecule has 1 amide bonds. The number of carbonyl (C=O) groups excluding carboxylic acids is 2. The maximum atomic E-state index is 11.8. The van der Waals surface area contributed by atoms with E-state index in [1.807, 2.05) is 38.1 Å². The summed E-state index contributed by atoms with van der Waals surface area (Å²) in [7, 11) is 0. The second-order valence-corrected chi connectivity index (χ2v) is 5.74. The molecular formula is C21H24N2O5. The average Bonchev–Trinajstić information content (AvgIpc) is 2.72. The van der Waals surface area contributed by atoms with Gasteiger partial charge in [-0.05, 0) is 67.4 Å². The molecule has 7 heteroatoms. The molecule has 2 aromatic rings. The van der Waals surface area contributed by atoms with Crippen molar-refractivity contribution in [1.29, 1.82) is 0 Å². The first-order chi connectivity index (χ1) is 13.6. The third kappa shape index (κ3) is 7.11. The number of benzene rings is 2. The van der Waals surface area contributed by atoms with Crippen LogP contribution in [-0.2, 0) is 9.53 Å². The maximum Gasteiger partial charge on any atom is 0.338 e. The fourth-order valence-electron chi connectivity index (χ4n) is 2.14. The van der Waals surface area contributed by atoms with Crippen molar-refractivity contribution in [3.8, 4) is 11.5 Å². The smallest absolute Gasteiger partial charge is 0.338 e. The largest absolute Gasteiger partial charge is 0.494 e. The zero-order valence-electron chi connectivity index (χ0n) is 16.0. The Balaban J connectivity index is 1.75. The Hall–Kier alpha value is -3.35. The molecular weight excluding hydrogens is 360 g/mol. The minimum atomic E-state index is -0.395. The van der Waals surface area contributed by atoms with E-state index in [0.717, 1.165) is 17.7 Å². The van der Waals surface area contributed by atoms with Gasteiger partial charge in [0.1, 0.15) is 11.5 Å². The van der Waals surface area contributed by atoms with Gasteiger partial charge in [-0.15, -0.1) is 0 Å². The Kier molecular flexibility index (Phi) is 8.52. The van der Waals surface area contributed by atoms with E-state index in [4.69, 9.17) is 14.2 Å². The Morgan fingerprint density at radius 3 is 2.25 bits per heavy atom. The highest BCUT2D eigenvalue weighted by atomic mass is 16.5. The number of nitrogens with zero attached hydrogens (tertiary/aromatic N) is 1. The molecule has 0 radical (unpaired) electrons. The van der Waals surface area contributed by atoms with E-state index < -0.39 is 5.91 Å². The summed E-state index contributed by atoms with van der Waals surface area (Å²) in [6.07, 6.45) is 2.30. The molecule has 0 heterocycles. The van der Waals surface area contributed by atoms with E-state index in [1.54, 1.807) is 24.3 Å². The summed E-state index contributed by atoms with van der Waals surface area (Å²) < 4.78 is 15.8. The van der Waals surface area contributed by atoms with Gasteiger partial charge in [-0.25, -0.2) is 10.2 Å². The highest BCUT2D eigenvalue weighted by Gasteiger charge is 2.07. The third-order valence-corrected chi connectivity index (χ3v) is 3.49. The van der Waals surface area contributed by atoms with Crippen molar-refractivity contribution < 1.29 is 23.8 Å². The van der Waals surface area contributed by atoms with Gasteiger partial charge in [0.15, 0.2) is 6.61 Å². The molecule has 0 bridgehead atoms. The van der Waals surface area contributed by atoms with E-state index >= 15 is 0 Å². The topological polar surface area (TPSA) is 86.2 Å². The normalized spacial score (nSPS) is 10.5. The van der Waals surface area contributed by atoms with Gasteiger partial charge in [-0.2, -0.15) is 5.10 Å². The summed E-state index contributed by atoms with van der Waals surface area (Å²) in [5.74, 6) is 0.475. The molecule has 0 aliphatic carbocycles. The van der Waals surface area contributed by atoms with Gasteiger partial charge in [0.05, 0.1) is 25.0 Å². The van der Waals surface area contributed by atoms with Gasteiger partial charge in [0.25, 0.3) is 5.91 Å². The molecule has 0 atom stereocenters. The standard InChI is InChI=1S/C21H24N2O5/c1-3-13-27-21(25)17-7-11-19(12-8-17)28-15-20(24)23-22-14-16-5-9-18(10-6-16)26-4-2/h5-12,14H,3-4,13,15H2,1-2H3,(H,23,24)/b22-14+. The SMILES string of the molecule is CCCOC(=O)c1ccc(OCC(=O)N/N=C/c2ccc(OCC)cc2)cc1. The van der Waals surface area contributed by atoms with Crippen LogP contribution in [0.5, 0.6) is 11.5 Å². The van der Waals surface area contributed by atoms with Crippen LogP contribution in [0.4, 0.5) is 0 Å². The molecule has 0 unspecified atom stereocenters. The van der Waals surface area contributed by atoms with Crippen molar-refractivity contribution in [3.63, 3.8) is 0 Å². The zero-order valence-corrected chi connectivity index (χ0v) is 16.0. The fraction of sp³-hybridized carbons (Fsp3) is 0.286. The quantitative estimate of drug-likeness (QED) is 0.386. The Labute approximate surface area is 164 Å². The molecule has 0 aliphatic heterocycles. The molecule has 0 fully saturated rings. The van der Waals surface area contributed by atoms with Crippen molar-refractivity contribution in [2.24, 2.45) is 5.10 Å². The summed E-state index contributed by atoms with van der Waals surface area (Å²) in [4.78, 5) is 23.5. The number of amides is 1. The van der Waals surface area contributed by atoms with E-state index in [2.05, 4.69) is 10.5 Å². The maximum absolute atomic E-state index is 11.8. The number of nitrogens with one attached hydrogen (secondary N) is 1. The number of hydrogen-bond donors (Lipinski definition) is 1. The molecule has 0 saturated heterocycles. The lowest BCUT2D eigenvalue weighted by Crippen LogP contribution is -2.24. The summed E-state index contributed by atoms with van der Waals surface area (Å²) in [6.45, 7) is 4.64. The van der Waals surface area contributed by atoms with Gasteiger partial charge in [-0.1, -0.05) is 6.92 Å². The van der Waals surface area contributed by atoms with Crippen LogP contribution in [0.1, 0.15) is 36.2 Å². The van der Waals surface area contributed by atoms with Crippen LogP contribution in [0.3, 0.4) is 0 Å². The van der Waals surface area contributed by atoms with Crippen molar-refractivity contribution in [2.45, 2.75) is 20.3 Å². The van der Waals surface area contributed by atoms with Gasteiger partial charge >= 0.3 is 5.97 Å². The summed E-state index contributed by atoms with van der Waals surface area (Å²) in [5.41, 5.74) is 3.66. The zero-order chi connectivity index (χ0) is 20.2. The van der Waals surface area contributed by atoms with E-state index in [9.17, 15) is 9.59 Å². The first-order valence-electron chi connectivity index (χ1n) is 9.07. The van der Waals surface area contributed by atoms with Crippen LogP contribution in [0.15, 0.2) is 53.6 Å². The average molecular weight is 384 g/mol. The molecule has 28 heavy (non-hydrogen) atoms. The third-order valence-electron chi connectivity index (χ3n) is 3.49. The second-order valence-electron chi connectivity index (χ2n) is 5.74. The Morgan fingerprint density at radius 2 is 1.61 bits per heavy atom. The lowest BCUT2D eigenvalue weighted by Gasteiger charge is -2.06. The molecule has 0 aliphatic rings. The first-order valence-corrected chi connectivity index (χ1v) is 9.07. The van der Waals surface area contributed by atoms with Crippen LogP contribution >= 0.6 is 0 Å². The number of hydrogen-bond acceptors (Lipinski definition) is 6. The minimum absolute atomic E-state index is 0.194. The van der Waals surface area contributed by atoms with Crippen molar-refractivity contribution in [2.75, 3.05) is 19.8 Å². The molecule has 0 aromatic heterocycles. The number of carbonyl (C=O) groups is 2. The van der Waals surface area contributed by atoms with Crippen molar-refractivity contribution >= 4 is 18.1 Å². The van der Waals surface area contributed by atoms with Gasteiger partial charge < -0.3 is 14.2 Å². The Bertz CT molecular complexity index is 785. The van der Waals surface area contributed by atoms with Crippen LogP contribution in [0.2, 0.25) is 0 Å². The lowest BCUT2D eigenvalue weighted by molar-refractivity contribution is -0.123. The lowest BCUT2D eigenvalue weighted by atomic mass is 10.2. The van der Waals surface area contributed by atoms with E-state index in [0.29, 0.717) is 24.5 Å². The van der Waals surface area contributed by atoms with Gasteiger partial charge in [-0.3, -0.25) is 4.79 Å². The van der Waals surface area contributed by atoms with E-state index in [-0.39, 0.29) is 12.6 Å².